The molecule has 1 unspecified atom stereocenters. The van der Waals surface area contributed by atoms with Crippen LogP contribution in [0.4, 0.5) is 0 Å². The maximum atomic E-state index is 11.3. The van der Waals surface area contributed by atoms with Gasteiger partial charge < -0.3 is 18.0 Å². The highest BCUT2D eigenvalue weighted by Gasteiger charge is 2.66. The molecule has 0 aromatic heterocycles. The Bertz CT molecular complexity index is 472. The van der Waals surface area contributed by atoms with Crippen molar-refractivity contribution in [3.63, 3.8) is 0 Å². The van der Waals surface area contributed by atoms with E-state index in [9.17, 15) is 9.90 Å². The summed E-state index contributed by atoms with van der Waals surface area (Å²) >= 11 is 38.8. The van der Waals surface area contributed by atoms with Crippen LogP contribution in [-0.4, -0.2) is 20.3 Å². The van der Waals surface area contributed by atoms with Crippen LogP contribution in [0.5, 0.6) is 0 Å². The highest BCUT2D eigenvalue weighted by atomic mass is 35.5. The van der Waals surface area contributed by atoms with Gasteiger partial charge in [-0.2, -0.15) is 0 Å². The van der Waals surface area contributed by atoms with Crippen LogP contribution in [0.1, 0.15) is 0 Å². The molecule has 108 valence electrons. The van der Waals surface area contributed by atoms with Gasteiger partial charge in [0.15, 0.2) is 0 Å². The molecule has 1 N–H and O–H groups in total. The average Bonchev–Trinajstić information content (AvgIpc) is 2.35. The SMILES string of the molecule is O=C(O)C1(Cl)C(Cl)=C(OCl)C(OCl)=C(OCl)C1(Cl)Cl. The summed E-state index contributed by atoms with van der Waals surface area (Å²) in [5.41, 5.74) is 0. The lowest BCUT2D eigenvalue weighted by atomic mass is 9.94. The molecular weight excluding hydrogens is 412 g/mol. The van der Waals surface area contributed by atoms with Crippen LogP contribution >= 0.6 is 82.0 Å². The summed E-state index contributed by atoms with van der Waals surface area (Å²) in [4.78, 5) is 8.71. The lowest BCUT2D eigenvalue weighted by Gasteiger charge is -2.37. The van der Waals surface area contributed by atoms with Crippen molar-refractivity contribution >= 4 is 88.0 Å². The summed E-state index contributed by atoms with van der Waals surface area (Å²) < 4.78 is 10.6. The summed E-state index contributed by atoms with van der Waals surface area (Å²) in [6, 6.07) is 0. The van der Waals surface area contributed by atoms with Crippen LogP contribution in [0.15, 0.2) is 22.3 Å². The van der Waals surface area contributed by atoms with E-state index < -0.39 is 37.5 Å². The molecule has 0 bridgehead atoms. The normalized spacial score (nSPS) is 26.3. The summed E-state index contributed by atoms with van der Waals surface area (Å²) in [7, 11) is 0. The molecule has 0 aromatic carbocycles. The van der Waals surface area contributed by atoms with E-state index in [0.717, 1.165) is 0 Å². The van der Waals surface area contributed by atoms with Gasteiger partial charge in [-0.3, -0.25) is 0 Å². The largest absolute Gasteiger partial charge is 0.480 e. The molecule has 1 aliphatic carbocycles. The molecule has 0 fully saturated rings. The number of carboxylic acid groups (broad SMARTS) is 1. The number of aliphatic carboxylic acids is 1. The molecule has 5 nitrogen and oxygen atoms in total. The van der Waals surface area contributed by atoms with E-state index in [1.54, 1.807) is 0 Å². The highest BCUT2D eigenvalue weighted by Crippen LogP contribution is 2.57. The molecule has 0 spiro atoms. The van der Waals surface area contributed by atoms with Gasteiger partial charge in [-0.1, -0.05) is 46.4 Å². The van der Waals surface area contributed by atoms with Crippen LogP contribution in [0.25, 0.3) is 0 Å². The first kappa shape index (κ1) is 17.4. The van der Waals surface area contributed by atoms with E-state index in [1.165, 1.54) is 0 Å². The number of rotatable bonds is 4. The number of hydrogen-bond acceptors (Lipinski definition) is 4. The fourth-order valence-corrected chi connectivity index (χ4v) is 3.05. The van der Waals surface area contributed by atoms with E-state index in [-0.39, 0.29) is 0 Å². The Morgan fingerprint density at radius 3 is 1.79 bits per heavy atom. The van der Waals surface area contributed by atoms with Crippen molar-refractivity contribution in [2.24, 2.45) is 0 Å². The number of alkyl halides is 3. The topological polar surface area (TPSA) is 65.0 Å². The second-order valence-corrected chi connectivity index (χ2v) is 5.81. The van der Waals surface area contributed by atoms with Gasteiger partial charge in [0.2, 0.25) is 26.5 Å². The van der Waals surface area contributed by atoms with Crippen molar-refractivity contribution in [2.75, 3.05) is 0 Å². The van der Waals surface area contributed by atoms with E-state index in [0.29, 0.717) is 0 Å². The summed E-state index contributed by atoms with van der Waals surface area (Å²) in [5.74, 6) is -3.47. The van der Waals surface area contributed by atoms with Gasteiger partial charge in [-0.05, 0) is 0 Å². The molecule has 1 aliphatic rings. The quantitative estimate of drug-likeness (QED) is 0.692. The second-order valence-electron chi connectivity index (χ2n) is 3.07. The van der Waals surface area contributed by atoms with Crippen LogP contribution in [-0.2, 0) is 17.7 Å². The number of halogens is 7. The van der Waals surface area contributed by atoms with E-state index in [2.05, 4.69) is 12.9 Å². The molecule has 1 atom stereocenters. The molecule has 19 heavy (non-hydrogen) atoms. The number of carbonyl (C=O) groups is 1. The van der Waals surface area contributed by atoms with E-state index in [1.807, 2.05) is 0 Å². The Hall–Kier alpha value is 0.380. The zero-order valence-electron chi connectivity index (χ0n) is 8.23. The van der Waals surface area contributed by atoms with Gasteiger partial charge in [0.1, 0.15) is 40.6 Å². The predicted octanol–water partition coefficient (Wildman–Crippen LogP) is 4.41. The minimum Gasteiger partial charge on any atom is -0.480 e. The van der Waals surface area contributed by atoms with Crippen molar-refractivity contribution in [1.82, 2.24) is 0 Å². The van der Waals surface area contributed by atoms with Gasteiger partial charge in [0.05, 0.1) is 0 Å². The third-order valence-corrected chi connectivity index (χ3v) is 4.91. The van der Waals surface area contributed by atoms with Crippen molar-refractivity contribution in [3.8, 4) is 0 Å². The minimum atomic E-state index is -2.59. The van der Waals surface area contributed by atoms with Crippen molar-refractivity contribution < 1.29 is 22.8 Å². The maximum absolute atomic E-state index is 11.3. The smallest absolute Gasteiger partial charge is 0.334 e. The third-order valence-electron chi connectivity index (χ3n) is 2.16. The number of carboxylic acids is 1. The Kier molecular flexibility index (Phi) is 5.52. The van der Waals surface area contributed by atoms with Crippen molar-refractivity contribution in [1.29, 1.82) is 0 Å². The van der Waals surface area contributed by atoms with Gasteiger partial charge in [-0.15, -0.1) is 0 Å². The number of allylic oxidation sites excluding steroid dienone is 1. The molecule has 0 radical (unpaired) electrons. The second kappa shape index (κ2) is 6.02. The van der Waals surface area contributed by atoms with Crippen molar-refractivity contribution in [3.05, 3.63) is 22.3 Å². The third kappa shape index (κ3) is 2.39. The fraction of sp³-hybridized carbons (Fsp3) is 0.286. The summed E-state index contributed by atoms with van der Waals surface area (Å²) in [6.07, 6.45) is 0. The Morgan fingerprint density at radius 2 is 1.47 bits per heavy atom. The lowest BCUT2D eigenvalue weighted by Crippen LogP contribution is -2.53. The molecule has 0 saturated heterocycles. The van der Waals surface area contributed by atoms with Crippen LogP contribution in [0, 0.1) is 0 Å². The Balaban J connectivity index is 3.73. The molecule has 1 rings (SSSR count). The van der Waals surface area contributed by atoms with Crippen LogP contribution < -0.4 is 0 Å². The monoisotopic (exact) mass is 410 g/mol. The first-order valence-electron chi connectivity index (χ1n) is 4.01. The zero-order chi connectivity index (χ0) is 15.0. The van der Waals surface area contributed by atoms with Crippen LogP contribution in [0.3, 0.4) is 0 Å². The fourth-order valence-electron chi connectivity index (χ4n) is 1.25. The lowest BCUT2D eigenvalue weighted by molar-refractivity contribution is -0.139. The molecule has 0 aliphatic heterocycles. The van der Waals surface area contributed by atoms with Gasteiger partial charge in [0.25, 0.3) is 0 Å². The highest BCUT2D eigenvalue weighted by molar-refractivity contribution is 6.62. The van der Waals surface area contributed by atoms with Gasteiger partial charge in [0, 0.05) is 0 Å². The standard InChI is InChI=1S/C7HCl7O5/c8-3-1(17-12)2(18-13)4(19-14)7(10,11)6(3,9)5(15)16/h(H,15,16). The molecule has 0 heterocycles. The number of hydrogen-bond donors (Lipinski definition) is 1. The molecule has 12 heteroatoms. The average molecular weight is 413 g/mol. The van der Waals surface area contributed by atoms with Gasteiger partial charge >= 0.3 is 5.97 Å². The summed E-state index contributed by atoms with van der Waals surface area (Å²) in [5, 5.41) is 8.49. The van der Waals surface area contributed by atoms with Crippen LogP contribution in [0.2, 0.25) is 0 Å². The first-order chi connectivity index (χ1) is 8.69. The summed E-state index contributed by atoms with van der Waals surface area (Å²) in [6.45, 7) is 0. The van der Waals surface area contributed by atoms with Gasteiger partial charge in [-0.25, -0.2) is 4.79 Å². The predicted molar refractivity (Wildman–Crippen MR) is 71.4 cm³/mol. The minimum absolute atomic E-state index is 0.529. The van der Waals surface area contributed by atoms with E-state index >= 15 is 0 Å². The molecule has 0 saturated carbocycles. The molecular formula is C7HCl7O5. The molecule has 0 amide bonds. The zero-order valence-corrected chi connectivity index (χ0v) is 13.5. The first-order valence-corrected chi connectivity index (χ1v) is 6.45. The molecule has 0 aromatic rings. The maximum Gasteiger partial charge on any atom is 0.334 e. The van der Waals surface area contributed by atoms with Crippen molar-refractivity contribution in [2.45, 2.75) is 9.21 Å². The Labute approximate surface area is 141 Å². The Morgan fingerprint density at radius 1 is 1.00 bits per heavy atom. The van der Waals surface area contributed by atoms with E-state index in [4.69, 9.17) is 82.0 Å².